The number of nitrogens with zero attached hydrogens (tertiary/aromatic N) is 1. The van der Waals surface area contributed by atoms with E-state index in [2.05, 4.69) is 28.4 Å². The van der Waals surface area contributed by atoms with Crippen molar-refractivity contribution in [3.05, 3.63) is 59.2 Å². The molecule has 6 heteroatoms. The number of β-amino-alcohol motifs (C(OH)–C–C–N with tert-alkyl or cyclic N) is 1. The van der Waals surface area contributed by atoms with E-state index in [-0.39, 0.29) is 12.5 Å². The first kappa shape index (κ1) is 17.8. The zero-order valence-electron chi connectivity index (χ0n) is 15.2. The third-order valence-electron chi connectivity index (χ3n) is 4.98. The average Bonchev–Trinajstić information content (AvgIpc) is 2.71. The second-order valence-corrected chi connectivity index (χ2v) is 6.98. The Labute approximate surface area is 158 Å². The van der Waals surface area contributed by atoms with Crippen LogP contribution in [0, 0.1) is 0 Å². The molecule has 0 spiro atoms. The van der Waals surface area contributed by atoms with E-state index in [1.807, 2.05) is 6.07 Å². The predicted molar refractivity (Wildman–Crippen MR) is 101 cm³/mol. The van der Waals surface area contributed by atoms with E-state index in [1.54, 1.807) is 18.2 Å². The first-order valence-electron chi connectivity index (χ1n) is 9.34. The Bertz CT molecular complexity index is 824. The number of fused-ring (bicyclic) bond motifs is 2. The highest BCUT2D eigenvalue weighted by Gasteiger charge is 2.19. The summed E-state index contributed by atoms with van der Waals surface area (Å²) < 4.78 is 11.0. The van der Waals surface area contributed by atoms with Crippen LogP contribution in [-0.2, 0) is 13.0 Å². The molecule has 0 saturated heterocycles. The summed E-state index contributed by atoms with van der Waals surface area (Å²) in [6.07, 6.45) is 0.378. The van der Waals surface area contributed by atoms with Gasteiger partial charge in [-0.3, -0.25) is 9.69 Å². The fourth-order valence-corrected chi connectivity index (χ4v) is 3.57. The van der Waals surface area contributed by atoms with E-state index in [0.717, 1.165) is 19.5 Å². The van der Waals surface area contributed by atoms with Gasteiger partial charge in [-0.15, -0.1) is 0 Å². The van der Waals surface area contributed by atoms with Crippen LogP contribution in [0.5, 0.6) is 11.5 Å². The maximum atomic E-state index is 12.4. The number of aliphatic hydroxyl groups is 1. The van der Waals surface area contributed by atoms with Crippen LogP contribution in [0.1, 0.15) is 21.5 Å². The fraction of sp³-hybridized carbons (Fsp3) is 0.381. The van der Waals surface area contributed by atoms with E-state index >= 15 is 0 Å². The summed E-state index contributed by atoms with van der Waals surface area (Å²) in [7, 11) is 0. The van der Waals surface area contributed by atoms with E-state index < -0.39 is 6.10 Å². The summed E-state index contributed by atoms with van der Waals surface area (Å²) in [6.45, 7) is 3.51. The van der Waals surface area contributed by atoms with Gasteiger partial charge >= 0.3 is 0 Å². The molecule has 0 bridgehead atoms. The lowest BCUT2D eigenvalue weighted by Gasteiger charge is -2.30. The van der Waals surface area contributed by atoms with Crippen LogP contribution in [-0.4, -0.2) is 54.9 Å². The highest BCUT2D eigenvalue weighted by atomic mass is 16.6. The van der Waals surface area contributed by atoms with Crippen LogP contribution in [0.2, 0.25) is 0 Å². The first-order valence-corrected chi connectivity index (χ1v) is 9.34. The normalized spacial score (nSPS) is 17.1. The van der Waals surface area contributed by atoms with Crippen molar-refractivity contribution in [1.29, 1.82) is 0 Å². The Morgan fingerprint density at radius 3 is 2.74 bits per heavy atom. The highest BCUT2D eigenvalue weighted by Crippen LogP contribution is 2.30. The minimum absolute atomic E-state index is 0.214. The molecule has 2 N–H and O–H groups in total. The molecule has 2 aromatic carbocycles. The molecule has 0 radical (unpaired) electrons. The fourth-order valence-electron chi connectivity index (χ4n) is 3.57. The van der Waals surface area contributed by atoms with Gasteiger partial charge < -0.3 is 19.9 Å². The smallest absolute Gasteiger partial charge is 0.251 e. The highest BCUT2D eigenvalue weighted by molar-refractivity contribution is 5.94. The monoisotopic (exact) mass is 368 g/mol. The van der Waals surface area contributed by atoms with Gasteiger partial charge in [-0.2, -0.15) is 0 Å². The molecule has 2 aliphatic heterocycles. The van der Waals surface area contributed by atoms with Crippen LogP contribution in [0.15, 0.2) is 42.5 Å². The summed E-state index contributed by atoms with van der Waals surface area (Å²) in [5.74, 6) is 1.01. The Kier molecular flexibility index (Phi) is 5.27. The lowest BCUT2D eigenvalue weighted by atomic mass is 10.00. The molecule has 27 heavy (non-hydrogen) atoms. The summed E-state index contributed by atoms with van der Waals surface area (Å²) in [5.41, 5.74) is 3.20. The van der Waals surface area contributed by atoms with Crippen molar-refractivity contribution in [1.82, 2.24) is 10.2 Å². The average molecular weight is 368 g/mol. The van der Waals surface area contributed by atoms with Gasteiger partial charge in [-0.25, -0.2) is 0 Å². The van der Waals surface area contributed by atoms with Crippen molar-refractivity contribution in [2.24, 2.45) is 0 Å². The number of nitrogens with one attached hydrogen (secondary N) is 1. The zero-order valence-corrected chi connectivity index (χ0v) is 15.2. The minimum atomic E-state index is -0.614. The van der Waals surface area contributed by atoms with Gasteiger partial charge in [0, 0.05) is 31.7 Å². The largest absolute Gasteiger partial charge is 0.486 e. The van der Waals surface area contributed by atoms with Gasteiger partial charge in [0.15, 0.2) is 11.5 Å². The molecule has 0 unspecified atom stereocenters. The standard InChI is InChI=1S/C21H24N2O4/c24-18(14-23-8-7-15-3-1-2-4-17(15)13-23)12-22-21(25)16-5-6-19-20(11-16)27-10-9-26-19/h1-6,11,18,24H,7-10,12-14H2,(H,22,25)/t18-/m0/s1. The Hall–Kier alpha value is -2.57. The summed E-state index contributed by atoms with van der Waals surface area (Å²) in [5, 5.41) is 13.1. The molecule has 0 saturated carbocycles. The molecule has 6 nitrogen and oxygen atoms in total. The van der Waals surface area contributed by atoms with Crippen molar-refractivity contribution >= 4 is 5.91 Å². The van der Waals surface area contributed by atoms with E-state index in [1.165, 1.54) is 11.1 Å². The van der Waals surface area contributed by atoms with Gasteiger partial charge in [-0.1, -0.05) is 24.3 Å². The molecule has 1 amide bonds. The van der Waals surface area contributed by atoms with Crippen molar-refractivity contribution in [2.45, 2.75) is 19.1 Å². The molecule has 4 rings (SSSR count). The van der Waals surface area contributed by atoms with Crippen LogP contribution in [0.25, 0.3) is 0 Å². The molecular weight excluding hydrogens is 344 g/mol. The lowest BCUT2D eigenvalue weighted by molar-refractivity contribution is 0.0841. The Balaban J connectivity index is 1.28. The second-order valence-electron chi connectivity index (χ2n) is 6.98. The van der Waals surface area contributed by atoms with Gasteiger partial charge in [0.25, 0.3) is 5.91 Å². The Morgan fingerprint density at radius 1 is 1.11 bits per heavy atom. The van der Waals surface area contributed by atoms with Crippen molar-refractivity contribution < 1.29 is 19.4 Å². The topological polar surface area (TPSA) is 71.0 Å². The molecular formula is C21H24N2O4. The Morgan fingerprint density at radius 2 is 1.89 bits per heavy atom. The number of ether oxygens (including phenoxy) is 2. The number of benzene rings is 2. The molecule has 0 aromatic heterocycles. The summed E-state index contributed by atoms with van der Waals surface area (Å²) >= 11 is 0. The van der Waals surface area contributed by atoms with Crippen LogP contribution in [0.4, 0.5) is 0 Å². The molecule has 0 fully saturated rings. The molecule has 2 heterocycles. The van der Waals surface area contributed by atoms with Gasteiger partial charge in [-0.05, 0) is 35.7 Å². The predicted octanol–water partition coefficient (Wildman–Crippen LogP) is 1.61. The molecule has 1 atom stereocenters. The van der Waals surface area contributed by atoms with Gasteiger partial charge in [0.05, 0.1) is 6.10 Å². The quantitative estimate of drug-likeness (QED) is 0.839. The summed E-state index contributed by atoms with van der Waals surface area (Å²) in [4.78, 5) is 14.6. The molecule has 2 aromatic rings. The summed E-state index contributed by atoms with van der Waals surface area (Å²) in [6, 6.07) is 13.5. The number of hydrogen-bond acceptors (Lipinski definition) is 5. The van der Waals surface area contributed by atoms with E-state index in [4.69, 9.17) is 9.47 Å². The van der Waals surface area contributed by atoms with Crippen LogP contribution >= 0.6 is 0 Å². The third kappa shape index (κ3) is 4.23. The minimum Gasteiger partial charge on any atom is -0.486 e. The third-order valence-corrected chi connectivity index (χ3v) is 4.98. The van der Waals surface area contributed by atoms with Crippen LogP contribution < -0.4 is 14.8 Å². The van der Waals surface area contributed by atoms with Crippen molar-refractivity contribution in [3.8, 4) is 11.5 Å². The van der Waals surface area contributed by atoms with Gasteiger partial charge in [0.1, 0.15) is 13.2 Å². The maximum absolute atomic E-state index is 12.4. The van der Waals surface area contributed by atoms with E-state index in [9.17, 15) is 9.90 Å². The number of hydrogen-bond donors (Lipinski definition) is 2. The zero-order chi connectivity index (χ0) is 18.6. The number of aliphatic hydroxyl groups excluding tert-OH is 1. The lowest BCUT2D eigenvalue weighted by Crippen LogP contribution is -2.42. The molecule has 142 valence electrons. The van der Waals surface area contributed by atoms with Crippen molar-refractivity contribution in [2.75, 3.05) is 32.8 Å². The first-order chi connectivity index (χ1) is 13.2. The second kappa shape index (κ2) is 7.98. The van der Waals surface area contributed by atoms with E-state index in [0.29, 0.717) is 36.8 Å². The number of carbonyl (C=O) groups excluding carboxylic acids is 1. The number of rotatable bonds is 5. The SMILES string of the molecule is O=C(NC[C@H](O)CN1CCc2ccccc2C1)c1ccc2c(c1)OCCO2. The van der Waals surface area contributed by atoms with Crippen molar-refractivity contribution in [3.63, 3.8) is 0 Å². The number of amides is 1. The molecule has 0 aliphatic carbocycles. The number of carbonyl (C=O) groups is 1. The maximum Gasteiger partial charge on any atom is 0.251 e. The molecule has 2 aliphatic rings. The van der Waals surface area contributed by atoms with Gasteiger partial charge in [0.2, 0.25) is 0 Å². The van der Waals surface area contributed by atoms with Crippen LogP contribution in [0.3, 0.4) is 0 Å².